The molecule has 5 nitrogen and oxygen atoms in total. The van der Waals surface area contributed by atoms with Gasteiger partial charge in [-0.2, -0.15) is 5.10 Å². The molecule has 0 radical (unpaired) electrons. The number of rotatable bonds is 5. The Bertz CT molecular complexity index is 816. The van der Waals surface area contributed by atoms with Gasteiger partial charge in [0.15, 0.2) is 5.69 Å². The number of hydrogen-bond donors (Lipinski definition) is 1. The van der Waals surface area contributed by atoms with Gasteiger partial charge in [-0.1, -0.05) is 18.2 Å². The molecule has 5 rings (SSSR count). The Morgan fingerprint density at radius 2 is 1.85 bits per heavy atom. The highest BCUT2D eigenvalue weighted by atomic mass is 16.2. The van der Waals surface area contributed by atoms with Gasteiger partial charge in [0.05, 0.1) is 5.69 Å². The topological polar surface area (TPSA) is 50.2 Å². The van der Waals surface area contributed by atoms with Gasteiger partial charge < -0.3 is 10.2 Å². The van der Waals surface area contributed by atoms with Crippen molar-refractivity contribution >= 4 is 5.91 Å². The third kappa shape index (κ3) is 3.41. The number of hydrogen-bond acceptors (Lipinski definition) is 3. The van der Waals surface area contributed by atoms with E-state index in [1.165, 1.54) is 24.1 Å². The predicted octanol–water partition coefficient (Wildman–Crippen LogP) is 2.97. The Balaban J connectivity index is 1.31. The first-order valence-electron chi connectivity index (χ1n) is 10.5. The van der Waals surface area contributed by atoms with Gasteiger partial charge in [0.2, 0.25) is 0 Å². The molecule has 1 aromatic heterocycles. The summed E-state index contributed by atoms with van der Waals surface area (Å²) in [5, 5.41) is 8.47. The van der Waals surface area contributed by atoms with Crippen molar-refractivity contribution in [3.8, 4) is 5.69 Å². The van der Waals surface area contributed by atoms with Gasteiger partial charge in [-0.05, 0) is 69.5 Å². The van der Waals surface area contributed by atoms with Crippen molar-refractivity contribution in [1.29, 1.82) is 0 Å². The molecule has 0 bridgehead atoms. The number of nitrogens with zero attached hydrogens (tertiary/aromatic N) is 3. The molecule has 142 valence electrons. The van der Waals surface area contributed by atoms with Gasteiger partial charge in [0.25, 0.3) is 5.91 Å². The van der Waals surface area contributed by atoms with Crippen molar-refractivity contribution in [2.45, 2.75) is 51.0 Å². The van der Waals surface area contributed by atoms with Crippen LogP contribution in [-0.2, 0) is 12.8 Å². The Hall–Kier alpha value is -2.14. The molecule has 5 heteroatoms. The average molecular weight is 364 g/mol. The third-order valence-corrected chi connectivity index (χ3v) is 6.31. The Kier molecular flexibility index (Phi) is 4.48. The van der Waals surface area contributed by atoms with E-state index in [2.05, 4.69) is 17.4 Å². The standard InChI is InChI=1S/C22H28N4O/c27-22(25-13-11-17(12-14-25)23-15-16-9-10-16)21-19-7-4-8-20(19)26(24-21)18-5-2-1-3-6-18/h1-3,5-6,16-17,23H,4,7-15H2. The number of piperidine rings is 1. The molecule has 27 heavy (non-hydrogen) atoms. The first kappa shape index (κ1) is 17.0. The largest absolute Gasteiger partial charge is 0.337 e. The zero-order valence-electron chi connectivity index (χ0n) is 15.9. The molecule has 0 atom stereocenters. The van der Waals surface area contributed by atoms with Crippen LogP contribution in [0, 0.1) is 5.92 Å². The van der Waals surface area contributed by atoms with Crippen LogP contribution in [0.15, 0.2) is 30.3 Å². The van der Waals surface area contributed by atoms with E-state index in [-0.39, 0.29) is 5.91 Å². The number of amides is 1. The van der Waals surface area contributed by atoms with Crippen LogP contribution in [0.4, 0.5) is 0 Å². The molecule has 2 fully saturated rings. The Morgan fingerprint density at radius 1 is 1.07 bits per heavy atom. The van der Waals surface area contributed by atoms with E-state index in [4.69, 9.17) is 5.10 Å². The number of para-hydroxylation sites is 1. The molecule has 1 N–H and O–H groups in total. The molecule has 1 amide bonds. The van der Waals surface area contributed by atoms with Gasteiger partial charge in [-0.25, -0.2) is 4.68 Å². The highest BCUT2D eigenvalue weighted by Gasteiger charge is 2.31. The van der Waals surface area contributed by atoms with E-state index in [1.807, 2.05) is 27.8 Å². The molecule has 0 unspecified atom stereocenters. The van der Waals surface area contributed by atoms with Gasteiger partial charge in [-0.3, -0.25) is 4.79 Å². The number of benzene rings is 1. The van der Waals surface area contributed by atoms with E-state index >= 15 is 0 Å². The zero-order chi connectivity index (χ0) is 18.2. The summed E-state index contributed by atoms with van der Waals surface area (Å²) in [6, 6.07) is 10.8. The quantitative estimate of drug-likeness (QED) is 0.887. The number of likely N-dealkylation sites (tertiary alicyclic amines) is 1. The second-order valence-corrected chi connectivity index (χ2v) is 8.29. The monoisotopic (exact) mass is 364 g/mol. The molecule has 2 heterocycles. The minimum Gasteiger partial charge on any atom is -0.337 e. The molecule has 0 spiro atoms. The SMILES string of the molecule is O=C(c1nn(-c2ccccc2)c2c1CCC2)N1CCC(NCC2CC2)CC1. The summed E-state index contributed by atoms with van der Waals surface area (Å²) in [6.07, 6.45) is 7.99. The van der Waals surface area contributed by atoms with Gasteiger partial charge in [-0.15, -0.1) is 0 Å². The summed E-state index contributed by atoms with van der Waals surface area (Å²) >= 11 is 0. The van der Waals surface area contributed by atoms with Crippen LogP contribution in [0.5, 0.6) is 0 Å². The average Bonchev–Trinajstić information content (AvgIpc) is 3.30. The van der Waals surface area contributed by atoms with Crippen LogP contribution in [0.25, 0.3) is 5.69 Å². The van der Waals surface area contributed by atoms with E-state index < -0.39 is 0 Å². The molecule has 1 aliphatic heterocycles. The maximum absolute atomic E-state index is 13.2. The summed E-state index contributed by atoms with van der Waals surface area (Å²) in [7, 11) is 0. The summed E-state index contributed by atoms with van der Waals surface area (Å²) in [5.41, 5.74) is 4.15. The number of fused-ring (bicyclic) bond motifs is 1. The predicted molar refractivity (Wildman–Crippen MR) is 105 cm³/mol. The minimum absolute atomic E-state index is 0.128. The van der Waals surface area contributed by atoms with Crippen molar-refractivity contribution in [3.05, 3.63) is 47.3 Å². The fraction of sp³-hybridized carbons (Fsp3) is 0.545. The molecular formula is C22H28N4O. The smallest absolute Gasteiger partial charge is 0.274 e. The van der Waals surface area contributed by atoms with Crippen LogP contribution in [0.1, 0.15) is 53.8 Å². The number of aromatic nitrogens is 2. The second kappa shape index (κ2) is 7.12. The second-order valence-electron chi connectivity index (χ2n) is 8.29. The van der Waals surface area contributed by atoms with Crippen molar-refractivity contribution < 1.29 is 4.79 Å². The van der Waals surface area contributed by atoms with Gasteiger partial charge in [0.1, 0.15) is 0 Å². The first-order valence-corrected chi connectivity index (χ1v) is 10.5. The molecule has 2 aliphatic carbocycles. The van der Waals surface area contributed by atoms with Gasteiger partial charge >= 0.3 is 0 Å². The highest BCUT2D eigenvalue weighted by Crippen LogP contribution is 2.30. The lowest BCUT2D eigenvalue weighted by atomic mass is 10.0. The summed E-state index contributed by atoms with van der Waals surface area (Å²) in [6.45, 7) is 2.84. The highest BCUT2D eigenvalue weighted by molar-refractivity contribution is 5.94. The van der Waals surface area contributed by atoms with E-state index in [0.717, 1.165) is 63.3 Å². The Morgan fingerprint density at radius 3 is 2.59 bits per heavy atom. The molecule has 2 aromatic rings. The number of carbonyl (C=O) groups is 1. The summed E-state index contributed by atoms with van der Waals surface area (Å²) < 4.78 is 2.00. The van der Waals surface area contributed by atoms with Crippen molar-refractivity contribution in [2.75, 3.05) is 19.6 Å². The van der Waals surface area contributed by atoms with E-state index in [1.54, 1.807) is 0 Å². The van der Waals surface area contributed by atoms with Gasteiger partial charge in [0, 0.05) is 30.4 Å². The van der Waals surface area contributed by atoms with Crippen molar-refractivity contribution in [3.63, 3.8) is 0 Å². The van der Waals surface area contributed by atoms with Crippen LogP contribution >= 0.6 is 0 Å². The van der Waals surface area contributed by atoms with E-state index in [0.29, 0.717) is 11.7 Å². The lowest BCUT2D eigenvalue weighted by Crippen LogP contribution is -2.45. The Labute approximate surface area is 160 Å². The zero-order valence-corrected chi connectivity index (χ0v) is 15.9. The molecular weight excluding hydrogens is 336 g/mol. The molecule has 1 saturated heterocycles. The number of carbonyl (C=O) groups excluding carboxylic acids is 1. The molecule has 1 aromatic carbocycles. The van der Waals surface area contributed by atoms with Crippen LogP contribution in [-0.4, -0.2) is 46.3 Å². The maximum Gasteiger partial charge on any atom is 0.274 e. The van der Waals surface area contributed by atoms with Crippen LogP contribution in [0.3, 0.4) is 0 Å². The van der Waals surface area contributed by atoms with Crippen LogP contribution in [0.2, 0.25) is 0 Å². The molecule has 3 aliphatic rings. The first-order chi connectivity index (χ1) is 13.3. The normalized spacial score (nSPS) is 20.1. The lowest BCUT2D eigenvalue weighted by Gasteiger charge is -2.32. The summed E-state index contributed by atoms with van der Waals surface area (Å²) in [5.74, 6) is 1.04. The van der Waals surface area contributed by atoms with E-state index in [9.17, 15) is 4.79 Å². The van der Waals surface area contributed by atoms with Crippen molar-refractivity contribution in [1.82, 2.24) is 20.0 Å². The fourth-order valence-corrected chi connectivity index (χ4v) is 4.48. The minimum atomic E-state index is 0.128. The number of nitrogens with one attached hydrogen (secondary N) is 1. The molecule has 1 saturated carbocycles. The van der Waals surface area contributed by atoms with Crippen molar-refractivity contribution in [2.24, 2.45) is 5.92 Å². The summed E-state index contributed by atoms with van der Waals surface area (Å²) in [4.78, 5) is 15.2. The third-order valence-electron chi connectivity index (χ3n) is 6.31. The fourth-order valence-electron chi connectivity index (χ4n) is 4.48. The maximum atomic E-state index is 13.2. The lowest BCUT2D eigenvalue weighted by molar-refractivity contribution is 0.0697. The van der Waals surface area contributed by atoms with Crippen LogP contribution < -0.4 is 5.32 Å².